The molecule has 2 aromatic rings. The number of amides is 1. The number of carbonyl (C=O) groups is 1. The number of aliphatic hydroxyl groups is 1. The fraction of sp³-hybridized carbons (Fsp3) is 0.458. The summed E-state index contributed by atoms with van der Waals surface area (Å²) in [7, 11) is -0.631. The fourth-order valence-corrected chi connectivity index (χ4v) is 5.63. The minimum absolute atomic E-state index is 0.0439. The van der Waals surface area contributed by atoms with E-state index in [9.17, 15) is 18.3 Å². The molecule has 0 aliphatic carbocycles. The van der Waals surface area contributed by atoms with Crippen LogP contribution in [0.15, 0.2) is 47.4 Å². The van der Waals surface area contributed by atoms with Crippen LogP contribution in [0.5, 0.6) is 11.5 Å². The summed E-state index contributed by atoms with van der Waals surface area (Å²) in [5.41, 5.74) is 1.67. The Morgan fingerprint density at radius 1 is 1.24 bits per heavy atom. The minimum atomic E-state index is -3.92. The standard InChI is InChI=1S/C24H32N2O6S/c1-16-13-26(17(2)15-27)33(29,30)24-11-8-20(19-6-9-21(31-5)10-7-19)12-22(24)32-23(16)14-25(4)18(3)28/h6-12,16-17,23,27H,13-15H2,1-5H3/t16-,17-,23-/m1/s1. The van der Waals surface area contributed by atoms with Crippen LogP contribution in [-0.2, 0) is 14.8 Å². The van der Waals surface area contributed by atoms with E-state index in [-0.39, 0.29) is 35.6 Å². The highest BCUT2D eigenvalue weighted by atomic mass is 32.2. The third-order valence-corrected chi connectivity index (χ3v) is 8.10. The Labute approximate surface area is 195 Å². The lowest BCUT2D eigenvalue weighted by molar-refractivity contribution is -0.129. The molecule has 180 valence electrons. The molecule has 1 aliphatic rings. The van der Waals surface area contributed by atoms with Gasteiger partial charge in [0.1, 0.15) is 22.5 Å². The Morgan fingerprint density at radius 3 is 2.45 bits per heavy atom. The second-order valence-corrected chi connectivity index (χ2v) is 10.4. The van der Waals surface area contributed by atoms with Crippen molar-refractivity contribution >= 4 is 15.9 Å². The molecule has 8 nitrogen and oxygen atoms in total. The Balaban J connectivity index is 2.12. The topological polar surface area (TPSA) is 96.4 Å². The molecule has 0 bridgehead atoms. The molecule has 33 heavy (non-hydrogen) atoms. The van der Waals surface area contributed by atoms with Gasteiger partial charge < -0.3 is 19.5 Å². The average molecular weight is 477 g/mol. The van der Waals surface area contributed by atoms with E-state index >= 15 is 0 Å². The lowest BCUT2D eigenvalue weighted by atomic mass is 10.0. The fourth-order valence-electron chi connectivity index (χ4n) is 3.80. The summed E-state index contributed by atoms with van der Waals surface area (Å²) in [5, 5.41) is 9.73. The molecule has 0 spiro atoms. The van der Waals surface area contributed by atoms with Crippen molar-refractivity contribution < 1.29 is 27.8 Å². The maximum Gasteiger partial charge on any atom is 0.247 e. The average Bonchev–Trinajstić information content (AvgIpc) is 2.80. The molecule has 0 radical (unpaired) electrons. The van der Waals surface area contributed by atoms with E-state index in [0.717, 1.165) is 16.9 Å². The predicted octanol–water partition coefficient (Wildman–Crippen LogP) is 2.61. The number of fused-ring (bicyclic) bond motifs is 1. The van der Waals surface area contributed by atoms with Gasteiger partial charge in [0, 0.05) is 32.5 Å². The third kappa shape index (κ3) is 5.31. The van der Waals surface area contributed by atoms with Gasteiger partial charge in [-0.1, -0.05) is 25.1 Å². The van der Waals surface area contributed by atoms with Gasteiger partial charge in [-0.15, -0.1) is 0 Å². The van der Waals surface area contributed by atoms with Gasteiger partial charge in [-0.3, -0.25) is 4.79 Å². The van der Waals surface area contributed by atoms with Gasteiger partial charge in [0.05, 0.1) is 20.3 Å². The molecular formula is C24H32N2O6S. The zero-order valence-electron chi connectivity index (χ0n) is 19.7. The number of ether oxygens (including phenoxy) is 2. The van der Waals surface area contributed by atoms with Crippen molar-refractivity contribution in [2.45, 2.75) is 37.8 Å². The van der Waals surface area contributed by atoms with Crippen molar-refractivity contribution in [3.8, 4) is 22.6 Å². The summed E-state index contributed by atoms with van der Waals surface area (Å²) in [6.45, 7) is 5.22. The van der Waals surface area contributed by atoms with Gasteiger partial charge in [0.15, 0.2) is 0 Å². The third-order valence-electron chi connectivity index (χ3n) is 6.08. The number of hydrogen-bond acceptors (Lipinski definition) is 6. The van der Waals surface area contributed by atoms with E-state index in [1.807, 2.05) is 31.2 Å². The largest absolute Gasteiger partial charge is 0.497 e. The van der Waals surface area contributed by atoms with Crippen molar-refractivity contribution in [1.82, 2.24) is 9.21 Å². The lowest BCUT2D eigenvalue weighted by Gasteiger charge is -2.37. The van der Waals surface area contributed by atoms with Gasteiger partial charge >= 0.3 is 0 Å². The molecule has 0 fully saturated rings. The number of benzene rings is 2. The summed E-state index contributed by atoms with van der Waals surface area (Å²) in [5.74, 6) is 0.618. The van der Waals surface area contributed by atoms with Crippen LogP contribution in [0.25, 0.3) is 11.1 Å². The van der Waals surface area contributed by atoms with Crippen molar-refractivity contribution in [3.63, 3.8) is 0 Å². The first kappa shape index (κ1) is 25.0. The number of rotatable bonds is 6. The Kier molecular flexibility index (Phi) is 7.66. The normalized spacial score (nSPS) is 21.2. The summed E-state index contributed by atoms with van der Waals surface area (Å²) < 4.78 is 39.9. The molecule has 0 unspecified atom stereocenters. The number of aliphatic hydroxyl groups excluding tert-OH is 1. The summed E-state index contributed by atoms with van der Waals surface area (Å²) in [4.78, 5) is 13.5. The van der Waals surface area contributed by atoms with Crippen LogP contribution in [0.4, 0.5) is 0 Å². The van der Waals surface area contributed by atoms with Crippen LogP contribution in [0, 0.1) is 5.92 Å². The molecule has 1 heterocycles. The van der Waals surface area contributed by atoms with Crippen molar-refractivity contribution in [1.29, 1.82) is 0 Å². The van der Waals surface area contributed by atoms with Crippen LogP contribution in [0.1, 0.15) is 20.8 Å². The molecule has 2 aromatic carbocycles. The van der Waals surface area contributed by atoms with Gasteiger partial charge in [-0.2, -0.15) is 4.31 Å². The van der Waals surface area contributed by atoms with Gasteiger partial charge in [0.25, 0.3) is 0 Å². The highest BCUT2D eigenvalue weighted by molar-refractivity contribution is 7.89. The van der Waals surface area contributed by atoms with Crippen molar-refractivity contribution in [2.75, 3.05) is 33.9 Å². The van der Waals surface area contributed by atoms with Crippen LogP contribution in [0.2, 0.25) is 0 Å². The first-order chi connectivity index (χ1) is 15.6. The van der Waals surface area contributed by atoms with Crippen LogP contribution < -0.4 is 9.47 Å². The van der Waals surface area contributed by atoms with Crippen molar-refractivity contribution in [2.24, 2.45) is 5.92 Å². The molecule has 3 atom stereocenters. The van der Waals surface area contributed by atoms with E-state index in [4.69, 9.17) is 9.47 Å². The van der Waals surface area contributed by atoms with Gasteiger partial charge in [-0.05, 0) is 42.3 Å². The Bertz CT molecular complexity index is 1090. The molecule has 1 aliphatic heterocycles. The van der Waals surface area contributed by atoms with E-state index in [0.29, 0.717) is 6.54 Å². The summed E-state index contributed by atoms with van der Waals surface area (Å²) in [6.07, 6.45) is -0.437. The van der Waals surface area contributed by atoms with E-state index in [1.165, 1.54) is 11.2 Å². The number of methoxy groups -OCH3 is 1. The minimum Gasteiger partial charge on any atom is -0.497 e. The monoisotopic (exact) mass is 476 g/mol. The molecule has 3 rings (SSSR count). The zero-order valence-corrected chi connectivity index (χ0v) is 20.5. The SMILES string of the molecule is COc1ccc(-c2ccc3c(c2)O[C@H](CN(C)C(C)=O)[C@H](C)CN([C@H](C)CO)S3(=O)=O)cc1. The Morgan fingerprint density at radius 2 is 1.88 bits per heavy atom. The number of likely N-dealkylation sites (N-methyl/N-ethyl adjacent to an activating group) is 1. The first-order valence-corrected chi connectivity index (χ1v) is 12.3. The molecule has 1 amide bonds. The maximum absolute atomic E-state index is 13.5. The van der Waals surface area contributed by atoms with Crippen LogP contribution in [-0.4, -0.2) is 74.6 Å². The first-order valence-electron chi connectivity index (χ1n) is 10.9. The molecule has 0 saturated carbocycles. The number of sulfonamides is 1. The highest BCUT2D eigenvalue weighted by Crippen LogP contribution is 2.36. The maximum atomic E-state index is 13.5. The molecule has 9 heteroatoms. The summed E-state index contributed by atoms with van der Waals surface area (Å²) in [6, 6.07) is 11.9. The quantitative estimate of drug-likeness (QED) is 0.689. The van der Waals surface area contributed by atoms with Crippen LogP contribution >= 0.6 is 0 Å². The summed E-state index contributed by atoms with van der Waals surface area (Å²) >= 11 is 0. The molecule has 0 aromatic heterocycles. The number of nitrogens with zero attached hydrogens (tertiary/aromatic N) is 2. The second-order valence-electron chi connectivity index (χ2n) is 8.53. The molecule has 0 saturated heterocycles. The molecule has 1 N–H and O–H groups in total. The van der Waals surface area contributed by atoms with E-state index in [2.05, 4.69) is 0 Å². The zero-order chi connectivity index (χ0) is 24.3. The predicted molar refractivity (Wildman–Crippen MR) is 126 cm³/mol. The van der Waals surface area contributed by atoms with E-state index < -0.39 is 22.2 Å². The van der Waals surface area contributed by atoms with Crippen LogP contribution in [0.3, 0.4) is 0 Å². The Hall–Kier alpha value is -2.62. The van der Waals surface area contributed by atoms with E-state index in [1.54, 1.807) is 44.2 Å². The van der Waals surface area contributed by atoms with Gasteiger partial charge in [0.2, 0.25) is 15.9 Å². The lowest BCUT2D eigenvalue weighted by Crippen LogP contribution is -2.50. The van der Waals surface area contributed by atoms with Gasteiger partial charge in [-0.25, -0.2) is 8.42 Å². The smallest absolute Gasteiger partial charge is 0.247 e. The number of carbonyl (C=O) groups excluding carboxylic acids is 1. The number of hydrogen-bond donors (Lipinski definition) is 1. The highest BCUT2D eigenvalue weighted by Gasteiger charge is 2.38. The van der Waals surface area contributed by atoms with Crippen molar-refractivity contribution in [3.05, 3.63) is 42.5 Å². The molecular weight excluding hydrogens is 444 g/mol. The second kappa shape index (κ2) is 10.1.